The number of rotatable bonds is 3. The smallest absolute Gasteiger partial charge is 0.303 e. The second-order valence-electron chi connectivity index (χ2n) is 6.34. The van der Waals surface area contributed by atoms with Gasteiger partial charge in [-0.15, -0.1) is 0 Å². The van der Waals surface area contributed by atoms with Crippen LogP contribution < -0.4 is 10.6 Å². The van der Waals surface area contributed by atoms with Gasteiger partial charge in [0.1, 0.15) is 0 Å². The van der Waals surface area contributed by atoms with Gasteiger partial charge in [-0.25, -0.2) is 4.79 Å². The van der Waals surface area contributed by atoms with E-state index in [1.165, 1.54) is 0 Å². The maximum atomic E-state index is 12.7. The molecule has 0 radical (unpaired) electrons. The predicted molar refractivity (Wildman–Crippen MR) is 84.7 cm³/mol. The van der Waals surface area contributed by atoms with Crippen LogP contribution in [0.2, 0.25) is 0 Å². The van der Waals surface area contributed by atoms with Gasteiger partial charge in [-0.1, -0.05) is 36.8 Å². The van der Waals surface area contributed by atoms with Gasteiger partial charge in [0.15, 0.2) is 5.41 Å². The number of nitrogens with one attached hydrogen (secondary N) is 2. The van der Waals surface area contributed by atoms with Crippen molar-refractivity contribution in [2.75, 3.05) is 13.6 Å². The Morgan fingerprint density at radius 3 is 2.35 bits per heavy atom. The van der Waals surface area contributed by atoms with Crippen molar-refractivity contribution in [2.45, 2.75) is 37.1 Å². The summed E-state index contributed by atoms with van der Waals surface area (Å²) in [6.45, 7) is 0.956. The van der Waals surface area contributed by atoms with Crippen molar-refractivity contribution in [1.29, 1.82) is 0 Å². The van der Waals surface area contributed by atoms with Crippen molar-refractivity contribution in [3.63, 3.8) is 0 Å². The third-order valence-corrected chi connectivity index (χ3v) is 4.96. The standard InChI is InChI=1S/C17H21N3O3/c1-20-10-6-5-9-13(20)11-17(12-7-3-2-4-8-12)14(21)18-16(23)19-15(17)22/h2-4,7-8,13H,5-6,9-11H2,1H3,(H2,18,19,21,22,23). The number of likely N-dealkylation sites (tertiary alicyclic amines) is 1. The van der Waals surface area contributed by atoms with Crippen LogP contribution in [0.1, 0.15) is 31.2 Å². The highest BCUT2D eigenvalue weighted by molar-refractivity contribution is 6.22. The molecule has 2 heterocycles. The number of hydrogen-bond donors (Lipinski definition) is 2. The molecule has 2 aliphatic heterocycles. The molecule has 2 N–H and O–H groups in total. The van der Waals surface area contributed by atoms with E-state index < -0.39 is 23.3 Å². The highest BCUT2D eigenvalue weighted by atomic mass is 16.2. The van der Waals surface area contributed by atoms with E-state index in [1.54, 1.807) is 24.3 Å². The third-order valence-electron chi connectivity index (χ3n) is 4.96. The summed E-state index contributed by atoms with van der Waals surface area (Å²) in [4.78, 5) is 39.1. The van der Waals surface area contributed by atoms with Gasteiger partial charge in [0.2, 0.25) is 11.8 Å². The molecule has 0 saturated carbocycles. The van der Waals surface area contributed by atoms with Gasteiger partial charge in [-0.2, -0.15) is 0 Å². The average molecular weight is 315 g/mol. The Bertz CT molecular complexity index is 609. The quantitative estimate of drug-likeness (QED) is 0.821. The number of imide groups is 2. The van der Waals surface area contributed by atoms with Gasteiger partial charge in [0.25, 0.3) is 0 Å². The topological polar surface area (TPSA) is 78.5 Å². The Kier molecular flexibility index (Phi) is 4.17. The van der Waals surface area contributed by atoms with Crippen molar-refractivity contribution < 1.29 is 14.4 Å². The lowest BCUT2D eigenvalue weighted by molar-refractivity contribution is -0.139. The second kappa shape index (κ2) is 6.12. The van der Waals surface area contributed by atoms with Crippen LogP contribution >= 0.6 is 0 Å². The summed E-state index contributed by atoms with van der Waals surface area (Å²) in [5.74, 6) is -1.06. The van der Waals surface area contributed by atoms with E-state index in [-0.39, 0.29) is 6.04 Å². The Morgan fingerprint density at radius 2 is 1.74 bits per heavy atom. The summed E-state index contributed by atoms with van der Waals surface area (Å²) in [5, 5.41) is 4.55. The lowest BCUT2D eigenvalue weighted by Gasteiger charge is -2.41. The molecule has 0 spiro atoms. The monoisotopic (exact) mass is 315 g/mol. The van der Waals surface area contributed by atoms with Crippen molar-refractivity contribution >= 4 is 17.8 Å². The molecule has 0 aliphatic carbocycles. The molecule has 2 saturated heterocycles. The number of amides is 4. The van der Waals surface area contributed by atoms with Crippen molar-refractivity contribution in [1.82, 2.24) is 15.5 Å². The summed E-state index contributed by atoms with van der Waals surface area (Å²) in [5.41, 5.74) is -0.729. The Morgan fingerprint density at radius 1 is 1.09 bits per heavy atom. The van der Waals surface area contributed by atoms with Gasteiger partial charge in [0.05, 0.1) is 0 Å². The van der Waals surface area contributed by atoms with Gasteiger partial charge in [-0.05, 0) is 38.4 Å². The normalized spacial score (nSPS) is 24.9. The summed E-state index contributed by atoms with van der Waals surface area (Å²) in [6.07, 6.45) is 3.53. The molecule has 1 atom stereocenters. The summed E-state index contributed by atoms with van der Waals surface area (Å²) < 4.78 is 0. The fourth-order valence-corrected chi connectivity index (χ4v) is 3.60. The number of nitrogens with zero attached hydrogens (tertiary/aromatic N) is 1. The molecule has 1 aromatic rings. The minimum atomic E-state index is -1.36. The van der Waals surface area contributed by atoms with Crippen LogP contribution in [0, 0.1) is 0 Å². The molecule has 23 heavy (non-hydrogen) atoms. The molecular weight excluding hydrogens is 294 g/mol. The Balaban J connectivity index is 2.01. The summed E-state index contributed by atoms with van der Waals surface area (Å²) in [7, 11) is 2.02. The molecule has 0 aromatic heterocycles. The number of barbiturate groups is 1. The number of piperidine rings is 1. The van der Waals surface area contributed by atoms with E-state index in [2.05, 4.69) is 15.5 Å². The number of hydrogen-bond acceptors (Lipinski definition) is 4. The van der Waals surface area contributed by atoms with Crippen LogP contribution in [-0.2, 0) is 15.0 Å². The first-order chi connectivity index (χ1) is 11.0. The zero-order valence-corrected chi connectivity index (χ0v) is 13.2. The van der Waals surface area contributed by atoms with Crippen molar-refractivity contribution in [3.05, 3.63) is 35.9 Å². The molecular formula is C17H21N3O3. The fraction of sp³-hybridized carbons (Fsp3) is 0.471. The average Bonchev–Trinajstić information content (AvgIpc) is 2.53. The van der Waals surface area contributed by atoms with Crippen LogP contribution in [0.25, 0.3) is 0 Å². The largest absolute Gasteiger partial charge is 0.328 e. The number of carbonyl (C=O) groups is 3. The van der Waals surface area contributed by atoms with E-state index in [1.807, 2.05) is 13.1 Å². The molecule has 122 valence electrons. The van der Waals surface area contributed by atoms with E-state index in [0.717, 1.165) is 25.8 Å². The van der Waals surface area contributed by atoms with Crippen LogP contribution in [0.4, 0.5) is 4.79 Å². The minimum absolute atomic E-state index is 0.133. The lowest BCUT2D eigenvalue weighted by atomic mass is 9.71. The third kappa shape index (κ3) is 2.74. The van der Waals surface area contributed by atoms with E-state index in [9.17, 15) is 14.4 Å². The van der Waals surface area contributed by atoms with E-state index in [4.69, 9.17) is 0 Å². The zero-order valence-electron chi connectivity index (χ0n) is 13.2. The van der Waals surface area contributed by atoms with Gasteiger partial charge in [-0.3, -0.25) is 20.2 Å². The predicted octanol–water partition coefficient (Wildman–Crippen LogP) is 1.16. The molecule has 2 fully saturated rings. The first-order valence-electron chi connectivity index (χ1n) is 7.96. The maximum Gasteiger partial charge on any atom is 0.328 e. The molecule has 3 rings (SSSR count). The summed E-state index contributed by atoms with van der Waals surface area (Å²) in [6, 6.07) is 8.39. The molecule has 6 heteroatoms. The SMILES string of the molecule is CN1CCCCC1CC1(c2ccccc2)C(=O)NC(=O)NC1=O. The highest BCUT2D eigenvalue weighted by Crippen LogP contribution is 2.35. The van der Waals surface area contributed by atoms with Crippen LogP contribution in [0.3, 0.4) is 0 Å². The Labute approximate surface area is 135 Å². The number of urea groups is 1. The first kappa shape index (κ1) is 15.7. The minimum Gasteiger partial charge on any atom is -0.303 e. The van der Waals surface area contributed by atoms with Crippen LogP contribution in [0.5, 0.6) is 0 Å². The molecule has 1 aromatic carbocycles. The first-order valence-corrected chi connectivity index (χ1v) is 7.96. The van der Waals surface area contributed by atoms with Gasteiger partial charge < -0.3 is 4.90 Å². The van der Waals surface area contributed by atoms with Gasteiger partial charge >= 0.3 is 6.03 Å². The molecule has 2 aliphatic rings. The van der Waals surface area contributed by atoms with E-state index in [0.29, 0.717) is 12.0 Å². The lowest BCUT2D eigenvalue weighted by Crippen LogP contribution is -2.66. The molecule has 0 bridgehead atoms. The van der Waals surface area contributed by atoms with Crippen LogP contribution in [-0.4, -0.2) is 42.4 Å². The second-order valence-corrected chi connectivity index (χ2v) is 6.34. The zero-order chi connectivity index (χ0) is 16.4. The molecule has 1 unspecified atom stereocenters. The Hall–Kier alpha value is -2.21. The fourth-order valence-electron chi connectivity index (χ4n) is 3.60. The molecule has 6 nitrogen and oxygen atoms in total. The van der Waals surface area contributed by atoms with Crippen LogP contribution in [0.15, 0.2) is 30.3 Å². The molecule has 4 amide bonds. The summed E-state index contributed by atoms with van der Waals surface area (Å²) >= 11 is 0. The van der Waals surface area contributed by atoms with Crippen molar-refractivity contribution in [3.8, 4) is 0 Å². The van der Waals surface area contributed by atoms with E-state index >= 15 is 0 Å². The maximum absolute atomic E-state index is 12.7. The highest BCUT2D eigenvalue weighted by Gasteiger charge is 2.53. The number of carbonyl (C=O) groups excluding carboxylic acids is 3. The number of benzene rings is 1. The van der Waals surface area contributed by atoms with Gasteiger partial charge in [0, 0.05) is 6.04 Å². The van der Waals surface area contributed by atoms with Crippen molar-refractivity contribution in [2.24, 2.45) is 0 Å².